The van der Waals surface area contributed by atoms with E-state index < -0.39 is 0 Å². The van der Waals surface area contributed by atoms with Crippen molar-refractivity contribution in [2.45, 2.75) is 33.1 Å². The van der Waals surface area contributed by atoms with Crippen molar-refractivity contribution < 1.29 is 9.84 Å². The second-order valence-corrected chi connectivity index (χ2v) is 4.69. The molecule has 0 atom stereocenters. The monoisotopic (exact) mass is 228 g/mol. The number of nitrogens with zero attached hydrogens (tertiary/aromatic N) is 1. The minimum Gasteiger partial charge on any atom is -0.394 e. The maximum Gasteiger partial charge on any atom is 0.0697 e. The predicted octanol–water partition coefficient (Wildman–Crippen LogP) is 1.30. The molecule has 0 fully saturated rings. The SMILES string of the molecule is CC(C)(CCC#N)CNCCCOCCO. The highest BCUT2D eigenvalue weighted by atomic mass is 16.5. The van der Waals surface area contributed by atoms with Crippen LogP contribution in [0.1, 0.15) is 33.1 Å². The molecule has 4 nitrogen and oxygen atoms in total. The van der Waals surface area contributed by atoms with E-state index in [-0.39, 0.29) is 12.0 Å². The van der Waals surface area contributed by atoms with Crippen molar-refractivity contribution in [3.05, 3.63) is 0 Å². The molecule has 0 unspecified atom stereocenters. The lowest BCUT2D eigenvalue weighted by Gasteiger charge is -2.23. The Morgan fingerprint density at radius 1 is 1.38 bits per heavy atom. The molecule has 4 heteroatoms. The third-order valence-corrected chi connectivity index (χ3v) is 2.39. The zero-order valence-electron chi connectivity index (χ0n) is 10.5. The maximum absolute atomic E-state index is 8.51. The van der Waals surface area contributed by atoms with Gasteiger partial charge in [0.1, 0.15) is 0 Å². The first-order chi connectivity index (χ1) is 7.62. The Morgan fingerprint density at radius 2 is 2.12 bits per heavy atom. The first-order valence-corrected chi connectivity index (χ1v) is 5.88. The van der Waals surface area contributed by atoms with Gasteiger partial charge < -0.3 is 15.2 Å². The lowest BCUT2D eigenvalue weighted by Crippen LogP contribution is -2.30. The van der Waals surface area contributed by atoms with Crippen molar-refractivity contribution in [2.24, 2.45) is 5.41 Å². The summed E-state index contributed by atoms with van der Waals surface area (Å²) in [5, 5.41) is 20.4. The number of aliphatic hydroxyl groups excluding tert-OH is 1. The summed E-state index contributed by atoms with van der Waals surface area (Å²) in [7, 11) is 0. The molecule has 0 aromatic heterocycles. The number of ether oxygens (including phenoxy) is 1. The fourth-order valence-corrected chi connectivity index (χ4v) is 1.38. The van der Waals surface area contributed by atoms with Gasteiger partial charge in [-0.25, -0.2) is 0 Å². The molecule has 0 aromatic rings. The maximum atomic E-state index is 8.51. The zero-order valence-corrected chi connectivity index (χ0v) is 10.5. The van der Waals surface area contributed by atoms with Gasteiger partial charge in [0.15, 0.2) is 0 Å². The topological polar surface area (TPSA) is 65.3 Å². The summed E-state index contributed by atoms with van der Waals surface area (Å²) in [5.41, 5.74) is 0.182. The van der Waals surface area contributed by atoms with E-state index in [9.17, 15) is 0 Å². The van der Waals surface area contributed by atoms with Gasteiger partial charge in [-0.3, -0.25) is 0 Å². The van der Waals surface area contributed by atoms with E-state index in [0.29, 0.717) is 19.6 Å². The number of nitriles is 1. The molecule has 0 radical (unpaired) electrons. The van der Waals surface area contributed by atoms with Crippen molar-refractivity contribution in [3.8, 4) is 6.07 Å². The highest BCUT2D eigenvalue weighted by Crippen LogP contribution is 2.20. The predicted molar refractivity (Wildman–Crippen MR) is 64.0 cm³/mol. The van der Waals surface area contributed by atoms with Crippen LogP contribution in [0.4, 0.5) is 0 Å². The number of rotatable bonds is 10. The van der Waals surface area contributed by atoms with E-state index in [4.69, 9.17) is 15.1 Å². The van der Waals surface area contributed by atoms with Crippen molar-refractivity contribution in [3.63, 3.8) is 0 Å². The quantitative estimate of drug-likeness (QED) is 0.553. The molecule has 0 spiro atoms. The molecule has 0 amide bonds. The third kappa shape index (κ3) is 9.91. The van der Waals surface area contributed by atoms with E-state index in [1.807, 2.05) is 0 Å². The van der Waals surface area contributed by atoms with Crippen LogP contribution in [-0.4, -0.2) is 38.0 Å². The Labute approximate surface area is 98.6 Å². The van der Waals surface area contributed by atoms with Crippen LogP contribution in [0.15, 0.2) is 0 Å². The van der Waals surface area contributed by atoms with Crippen molar-refractivity contribution >= 4 is 0 Å². The highest BCUT2D eigenvalue weighted by Gasteiger charge is 2.16. The molecule has 0 aliphatic rings. The van der Waals surface area contributed by atoms with Crippen LogP contribution < -0.4 is 5.32 Å². The van der Waals surface area contributed by atoms with Gasteiger partial charge in [0.25, 0.3) is 0 Å². The van der Waals surface area contributed by atoms with Crippen molar-refractivity contribution in [2.75, 3.05) is 32.9 Å². The largest absolute Gasteiger partial charge is 0.394 e. The van der Waals surface area contributed by atoms with Crippen LogP contribution in [0.5, 0.6) is 0 Å². The van der Waals surface area contributed by atoms with Crippen LogP contribution >= 0.6 is 0 Å². The Kier molecular flexibility index (Phi) is 9.21. The lowest BCUT2D eigenvalue weighted by atomic mass is 9.88. The second kappa shape index (κ2) is 9.59. The number of hydrogen-bond acceptors (Lipinski definition) is 4. The van der Waals surface area contributed by atoms with E-state index in [1.54, 1.807) is 0 Å². The van der Waals surface area contributed by atoms with E-state index >= 15 is 0 Å². The molecular weight excluding hydrogens is 204 g/mol. The van der Waals surface area contributed by atoms with Gasteiger partial charge in [0, 0.05) is 19.6 Å². The van der Waals surface area contributed by atoms with E-state index in [1.165, 1.54) is 0 Å². The van der Waals surface area contributed by atoms with Gasteiger partial charge in [0.05, 0.1) is 19.3 Å². The lowest BCUT2D eigenvalue weighted by molar-refractivity contribution is 0.0903. The number of hydrogen-bond donors (Lipinski definition) is 2. The van der Waals surface area contributed by atoms with Gasteiger partial charge in [-0.05, 0) is 24.8 Å². The molecule has 0 aromatic carbocycles. The molecule has 0 aliphatic heterocycles. The summed E-state index contributed by atoms with van der Waals surface area (Å²) in [6, 6.07) is 2.18. The Hall–Kier alpha value is -0.630. The molecule has 16 heavy (non-hydrogen) atoms. The van der Waals surface area contributed by atoms with Crippen LogP contribution in [-0.2, 0) is 4.74 Å². The third-order valence-electron chi connectivity index (χ3n) is 2.39. The second-order valence-electron chi connectivity index (χ2n) is 4.69. The van der Waals surface area contributed by atoms with Crippen LogP contribution in [0.25, 0.3) is 0 Å². The summed E-state index contributed by atoms with van der Waals surface area (Å²) >= 11 is 0. The van der Waals surface area contributed by atoms with E-state index in [2.05, 4.69) is 25.2 Å². The minimum atomic E-state index is 0.0919. The van der Waals surface area contributed by atoms with Gasteiger partial charge in [-0.2, -0.15) is 5.26 Å². The Morgan fingerprint density at radius 3 is 2.75 bits per heavy atom. The average molecular weight is 228 g/mol. The zero-order chi connectivity index (χ0) is 12.3. The average Bonchev–Trinajstić information content (AvgIpc) is 2.25. The summed E-state index contributed by atoms with van der Waals surface area (Å²) < 4.78 is 5.15. The standard InChI is InChI=1S/C12H24N2O2/c1-12(2,5-3-6-13)11-14-7-4-9-16-10-8-15/h14-15H,3-5,7-11H2,1-2H3. The molecule has 0 saturated carbocycles. The van der Waals surface area contributed by atoms with Gasteiger partial charge >= 0.3 is 0 Å². The van der Waals surface area contributed by atoms with Crippen molar-refractivity contribution in [1.29, 1.82) is 5.26 Å². The normalized spacial score (nSPS) is 11.4. The van der Waals surface area contributed by atoms with Gasteiger partial charge in [-0.15, -0.1) is 0 Å². The molecular formula is C12H24N2O2. The molecule has 0 aliphatic carbocycles. The van der Waals surface area contributed by atoms with E-state index in [0.717, 1.165) is 25.9 Å². The number of nitrogens with one attached hydrogen (secondary N) is 1. The molecule has 94 valence electrons. The fourth-order valence-electron chi connectivity index (χ4n) is 1.38. The van der Waals surface area contributed by atoms with Crippen molar-refractivity contribution in [1.82, 2.24) is 5.32 Å². The minimum absolute atomic E-state index is 0.0919. The Bertz CT molecular complexity index is 200. The summed E-state index contributed by atoms with van der Waals surface area (Å²) in [4.78, 5) is 0. The van der Waals surface area contributed by atoms with Crippen LogP contribution in [0.2, 0.25) is 0 Å². The summed E-state index contributed by atoms with van der Waals surface area (Å²) in [6.45, 7) is 7.38. The number of aliphatic hydroxyl groups is 1. The van der Waals surface area contributed by atoms with Crippen LogP contribution in [0.3, 0.4) is 0 Å². The summed E-state index contributed by atoms with van der Waals surface area (Å²) in [5.74, 6) is 0. The van der Waals surface area contributed by atoms with Gasteiger partial charge in [0.2, 0.25) is 0 Å². The van der Waals surface area contributed by atoms with Crippen LogP contribution in [0, 0.1) is 16.7 Å². The molecule has 0 bridgehead atoms. The summed E-state index contributed by atoms with van der Waals surface area (Å²) in [6.07, 6.45) is 2.50. The fraction of sp³-hybridized carbons (Fsp3) is 0.917. The molecule has 2 N–H and O–H groups in total. The first-order valence-electron chi connectivity index (χ1n) is 5.88. The Balaban J connectivity index is 3.33. The smallest absolute Gasteiger partial charge is 0.0697 e. The highest BCUT2D eigenvalue weighted by molar-refractivity contribution is 4.78. The molecule has 0 rings (SSSR count). The first kappa shape index (κ1) is 15.4. The van der Waals surface area contributed by atoms with Gasteiger partial charge in [-0.1, -0.05) is 13.8 Å². The molecule has 0 saturated heterocycles. The molecule has 0 heterocycles.